The maximum atomic E-state index is 12.0. The standard InChI is InChI=1S/C15H20N4O2/c1-6-21-15(20)12-11(5)18-19(13(12)16)14-9(3)7-8(2)10(4)17-14/h7H,6,16H2,1-5H3. The fourth-order valence-corrected chi connectivity index (χ4v) is 2.21. The van der Waals surface area contributed by atoms with Gasteiger partial charge in [-0.1, -0.05) is 6.07 Å². The quantitative estimate of drug-likeness (QED) is 0.876. The van der Waals surface area contributed by atoms with Crippen molar-refractivity contribution in [3.63, 3.8) is 0 Å². The van der Waals surface area contributed by atoms with Crippen LogP contribution in [-0.4, -0.2) is 27.3 Å². The van der Waals surface area contributed by atoms with Crippen LogP contribution in [0.25, 0.3) is 5.82 Å². The van der Waals surface area contributed by atoms with Gasteiger partial charge in [-0.3, -0.25) is 0 Å². The normalized spacial score (nSPS) is 10.7. The lowest BCUT2D eigenvalue weighted by atomic mass is 10.1. The van der Waals surface area contributed by atoms with E-state index in [1.807, 2.05) is 26.8 Å². The van der Waals surface area contributed by atoms with E-state index in [9.17, 15) is 4.79 Å². The Balaban J connectivity index is 2.59. The lowest BCUT2D eigenvalue weighted by Gasteiger charge is -2.10. The van der Waals surface area contributed by atoms with E-state index in [4.69, 9.17) is 10.5 Å². The van der Waals surface area contributed by atoms with Gasteiger partial charge in [0.2, 0.25) is 0 Å². The molecule has 2 N–H and O–H groups in total. The molecule has 0 aliphatic carbocycles. The van der Waals surface area contributed by atoms with Crippen LogP contribution in [0, 0.1) is 27.7 Å². The zero-order chi connectivity index (χ0) is 15.7. The van der Waals surface area contributed by atoms with Crippen molar-refractivity contribution in [2.75, 3.05) is 12.3 Å². The highest BCUT2D eigenvalue weighted by Gasteiger charge is 2.22. The Morgan fingerprint density at radius 1 is 1.24 bits per heavy atom. The third-order valence-electron chi connectivity index (χ3n) is 3.41. The van der Waals surface area contributed by atoms with Crippen molar-refractivity contribution in [1.82, 2.24) is 14.8 Å². The number of esters is 1. The largest absolute Gasteiger partial charge is 0.462 e. The van der Waals surface area contributed by atoms with Crippen LogP contribution in [0.2, 0.25) is 0 Å². The van der Waals surface area contributed by atoms with Crippen molar-refractivity contribution in [2.24, 2.45) is 0 Å². The molecule has 0 amide bonds. The molecule has 0 aliphatic heterocycles. The summed E-state index contributed by atoms with van der Waals surface area (Å²) in [7, 11) is 0. The molecule has 6 heteroatoms. The first-order chi connectivity index (χ1) is 9.86. The Hall–Kier alpha value is -2.37. The minimum Gasteiger partial charge on any atom is -0.462 e. The lowest BCUT2D eigenvalue weighted by molar-refractivity contribution is 0.0527. The predicted molar refractivity (Wildman–Crippen MR) is 80.7 cm³/mol. The molecule has 2 aromatic rings. The van der Waals surface area contributed by atoms with Crippen LogP contribution < -0.4 is 5.73 Å². The van der Waals surface area contributed by atoms with Crippen LogP contribution >= 0.6 is 0 Å². The van der Waals surface area contributed by atoms with Gasteiger partial charge in [-0.2, -0.15) is 9.78 Å². The molecule has 0 radical (unpaired) electrons. The molecule has 112 valence electrons. The van der Waals surface area contributed by atoms with Crippen molar-refractivity contribution >= 4 is 11.8 Å². The molecule has 0 aliphatic rings. The second-order valence-corrected chi connectivity index (χ2v) is 5.01. The number of carbonyl (C=O) groups is 1. The van der Waals surface area contributed by atoms with Gasteiger partial charge in [0, 0.05) is 5.69 Å². The van der Waals surface area contributed by atoms with E-state index in [-0.39, 0.29) is 5.82 Å². The number of aryl methyl sites for hydroxylation is 4. The van der Waals surface area contributed by atoms with Gasteiger partial charge in [-0.25, -0.2) is 9.78 Å². The lowest BCUT2D eigenvalue weighted by Crippen LogP contribution is -2.11. The molecule has 2 aromatic heterocycles. The van der Waals surface area contributed by atoms with E-state index in [1.165, 1.54) is 4.68 Å². The Kier molecular flexibility index (Phi) is 3.97. The molecule has 21 heavy (non-hydrogen) atoms. The average molecular weight is 288 g/mol. The van der Waals surface area contributed by atoms with Crippen molar-refractivity contribution in [3.05, 3.63) is 34.1 Å². The summed E-state index contributed by atoms with van der Waals surface area (Å²) in [6.07, 6.45) is 0. The number of rotatable bonds is 3. The highest BCUT2D eigenvalue weighted by atomic mass is 16.5. The molecule has 2 heterocycles. The van der Waals surface area contributed by atoms with E-state index >= 15 is 0 Å². The number of hydrogen-bond donors (Lipinski definition) is 1. The van der Waals surface area contributed by atoms with Gasteiger partial charge in [0.05, 0.1) is 12.3 Å². The number of nitrogens with two attached hydrogens (primary N) is 1. The smallest absolute Gasteiger partial charge is 0.343 e. The second-order valence-electron chi connectivity index (χ2n) is 5.01. The molecule has 0 unspecified atom stereocenters. The molecule has 6 nitrogen and oxygen atoms in total. The number of hydrogen-bond acceptors (Lipinski definition) is 5. The van der Waals surface area contributed by atoms with Gasteiger partial charge in [-0.05, 0) is 45.7 Å². The third kappa shape index (κ3) is 2.61. The molecule has 0 saturated heterocycles. The van der Waals surface area contributed by atoms with Crippen molar-refractivity contribution < 1.29 is 9.53 Å². The van der Waals surface area contributed by atoms with Crippen molar-refractivity contribution in [2.45, 2.75) is 34.6 Å². The van der Waals surface area contributed by atoms with Gasteiger partial charge in [0.15, 0.2) is 5.82 Å². The summed E-state index contributed by atoms with van der Waals surface area (Å²) in [5.41, 5.74) is 9.87. The Morgan fingerprint density at radius 3 is 2.52 bits per heavy atom. The van der Waals surface area contributed by atoms with Crippen molar-refractivity contribution in [1.29, 1.82) is 0 Å². The number of aromatic nitrogens is 3. The summed E-state index contributed by atoms with van der Waals surface area (Å²) in [6, 6.07) is 2.03. The minimum absolute atomic E-state index is 0.254. The van der Waals surface area contributed by atoms with Gasteiger partial charge in [-0.15, -0.1) is 0 Å². The number of nitrogen functional groups attached to an aromatic ring is 1. The molecule has 2 rings (SSSR count). The van der Waals surface area contributed by atoms with Gasteiger partial charge in [0.25, 0.3) is 0 Å². The van der Waals surface area contributed by atoms with Crippen LogP contribution in [-0.2, 0) is 4.74 Å². The molecule has 0 fully saturated rings. The Morgan fingerprint density at radius 2 is 1.90 bits per heavy atom. The zero-order valence-corrected chi connectivity index (χ0v) is 13.0. The summed E-state index contributed by atoms with van der Waals surface area (Å²) >= 11 is 0. The fraction of sp³-hybridized carbons (Fsp3) is 0.400. The first-order valence-corrected chi connectivity index (χ1v) is 6.84. The molecule has 0 aromatic carbocycles. The van der Waals surface area contributed by atoms with Crippen molar-refractivity contribution in [3.8, 4) is 5.82 Å². The monoisotopic (exact) mass is 288 g/mol. The number of carbonyl (C=O) groups excluding carboxylic acids is 1. The van der Waals surface area contributed by atoms with Crippen LogP contribution in [0.4, 0.5) is 5.82 Å². The third-order valence-corrected chi connectivity index (χ3v) is 3.41. The Labute approximate surface area is 123 Å². The number of ether oxygens (including phenoxy) is 1. The van der Waals surface area contributed by atoms with E-state index in [0.29, 0.717) is 23.7 Å². The van der Waals surface area contributed by atoms with Crippen LogP contribution in [0.5, 0.6) is 0 Å². The van der Waals surface area contributed by atoms with Gasteiger partial charge in [0.1, 0.15) is 11.4 Å². The molecule has 0 bridgehead atoms. The Bertz CT molecular complexity index is 704. The van der Waals surface area contributed by atoms with E-state index in [1.54, 1.807) is 13.8 Å². The van der Waals surface area contributed by atoms with Gasteiger partial charge < -0.3 is 10.5 Å². The second kappa shape index (κ2) is 5.55. The molecule has 0 saturated carbocycles. The summed E-state index contributed by atoms with van der Waals surface area (Å²) in [5, 5.41) is 4.34. The minimum atomic E-state index is -0.458. The summed E-state index contributed by atoms with van der Waals surface area (Å²) in [4.78, 5) is 16.5. The topological polar surface area (TPSA) is 83.0 Å². The first-order valence-electron chi connectivity index (χ1n) is 6.84. The predicted octanol–water partition coefficient (Wildman–Crippen LogP) is 2.26. The van der Waals surface area contributed by atoms with Gasteiger partial charge >= 0.3 is 5.97 Å². The molecular weight excluding hydrogens is 268 g/mol. The molecule has 0 atom stereocenters. The van der Waals surface area contributed by atoms with E-state index < -0.39 is 5.97 Å². The van der Waals surface area contributed by atoms with Crippen LogP contribution in [0.3, 0.4) is 0 Å². The number of anilines is 1. The summed E-state index contributed by atoms with van der Waals surface area (Å²) in [6.45, 7) is 9.65. The van der Waals surface area contributed by atoms with E-state index in [2.05, 4.69) is 10.1 Å². The highest BCUT2D eigenvalue weighted by molar-refractivity contribution is 5.95. The maximum Gasteiger partial charge on any atom is 0.343 e. The molecule has 0 spiro atoms. The summed E-state index contributed by atoms with van der Waals surface area (Å²) < 4.78 is 6.52. The highest BCUT2D eigenvalue weighted by Crippen LogP contribution is 2.23. The first kappa shape index (κ1) is 15.0. The zero-order valence-electron chi connectivity index (χ0n) is 13.0. The van der Waals surface area contributed by atoms with Crippen LogP contribution in [0.1, 0.15) is 39.8 Å². The molecular formula is C15H20N4O2. The number of pyridine rings is 1. The average Bonchev–Trinajstić information content (AvgIpc) is 2.69. The summed E-state index contributed by atoms with van der Waals surface area (Å²) in [5.74, 6) is 0.430. The SMILES string of the molecule is CCOC(=O)c1c(C)nn(-c2nc(C)c(C)cc2C)c1N. The maximum absolute atomic E-state index is 12.0. The van der Waals surface area contributed by atoms with Crippen LogP contribution in [0.15, 0.2) is 6.07 Å². The fourth-order valence-electron chi connectivity index (χ4n) is 2.21. The van der Waals surface area contributed by atoms with E-state index in [0.717, 1.165) is 16.8 Å². The number of nitrogens with zero attached hydrogens (tertiary/aromatic N) is 3.